The van der Waals surface area contributed by atoms with Crippen molar-refractivity contribution in [1.82, 2.24) is 5.32 Å². The number of ether oxygens (including phenoxy) is 1. The van der Waals surface area contributed by atoms with Crippen LogP contribution < -0.4 is 10.1 Å². The van der Waals surface area contributed by atoms with Crippen molar-refractivity contribution in [3.63, 3.8) is 0 Å². The summed E-state index contributed by atoms with van der Waals surface area (Å²) < 4.78 is 5.81. The molecule has 0 heterocycles. The Morgan fingerprint density at radius 1 is 1.09 bits per heavy atom. The van der Waals surface area contributed by atoms with Crippen LogP contribution in [0.3, 0.4) is 0 Å². The Bertz CT molecular complexity index is 647. The maximum atomic E-state index is 12.2. The third kappa shape index (κ3) is 3.59. The van der Waals surface area contributed by atoms with E-state index >= 15 is 0 Å². The standard InChI is InChI=1S/C19H23NO2/c1-14(19(21)20-17-9-3-2-4-10-17)22-18-12-11-15-7-5-6-8-16(15)13-18/h5-8,11-14,17H,2-4,9-10H2,1H3,(H,20,21). The van der Waals surface area contributed by atoms with Crippen molar-refractivity contribution in [2.45, 2.75) is 51.2 Å². The van der Waals surface area contributed by atoms with E-state index in [-0.39, 0.29) is 5.91 Å². The second-order valence-corrected chi connectivity index (χ2v) is 6.11. The van der Waals surface area contributed by atoms with Gasteiger partial charge in [0.2, 0.25) is 0 Å². The number of carbonyl (C=O) groups is 1. The van der Waals surface area contributed by atoms with Crippen molar-refractivity contribution in [2.24, 2.45) is 0 Å². The van der Waals surface area contributed by atoms with E-state index in [2.05, 4.69) is 17.4 Å². The summed E-state index contributed by atoms with van der Waals surface area (Å²) in [6.45, 7) is 1.81. The van der Waals surface area contributed by atoms with E-state index in [9.17, 15) is 4.79 Å². The molecular weight excluding hydrogens is 274 g/mol. The van der Waals surface area contributed by atoms with Crippen LogP contribution in [-0.4, -0.2) is 18.1 Å². The first kappa shape index (κ1) is 14.9. The van der Waals surface area contributed by atoms with Gasteiger partial charge in [-0.15, -0.1) is 0 Å². The highest BCUT2D eigenvalue weighted by molar-refractivity contribution is 5.84. The van der Waals surface area contributed by atoms with Crippen molar-refractivity contribution in [2.75, 3.05) is 0 Å². The number of carbonyl (C=O) groups excluding carboxylic acids is 1. The first-order valence-corrected chi connectivity index (χ1v) is 8.18. The van der Waals surface area contributed by atoms with E-state index < -0.39 is 6.10 Å². The molecule has 1 unspecified atom stereocenters. The number of fused-ring (bicyclic) bond motifs is 1. The molecule has 0 saturated heterocycles. The normalized spacial score (nSPS) is 17.1. The van der Waals surface area contributed by atoms with Crippen LogP contribution in [-0.2, 0) is 4.79 Å². The smallest absolute Gasteiger partial charge is 0.260 e. The quantitative estimate of drug-likeness (QED) is 0.924. The minimum atomic E-state index is -0.469. The lowest BCUT2D eigenvalue weighted by atomic mass is 9.95. The van der Waals surface area contributed by atoms with Gasteiger partial charge in [0.05, 0.1) is 0 Å². The van der Waals surface area contributed by atoms with Crippen molar-refractivity contribution in [3.8, 4) is 5.75 Å². The van der Waals surface area contributed by atoms with Gasteiger partial charge in [0.15, 0.2) is 6.10 Å². The maximum Gasteiger partial charge on any atom is 0.260 e. The van der Waals surface area contributed by atoms with Crippen molar-refractivity contribution >= 4 is 16.7 Å². The number of benzene rings is 2. The average Bonchev–Trinajstić information content (AvgIpc) is 2.55. The number of hydrogen-bond donors (Lipinski definition) is 1. The maximum absolute atomic E-state index is 12.2. The van der Waals surface area contributed by atoms with Gasteiger partial charge in [-0.1, -0.05) is 49.6 Å². The topological polar surface area (TPSA) is 38.3 Å². The van der Waals surface area contributed by atoms with E-state index in [1.807, 2.05) is 37.3 Å². The third-order valence-corrected chi connectivity index (χ3v) is 4.35. The number of rotatable bonds is 4. The zero-order chi connectivity index (χ0) is 15.4. The molecule has 1 fully saturated rings. The molecule has 0 radical (unpaired) electrons. The van der Waals surface area contributed by atoms with Gasteiger partial charge in [-0.05, 0) is 42.7 Å². The van der Waals surface area contributed by atoms with Crippen LogP contribution >= 0.6 is 0 Å². The highest BCUT2D eigenvalue weighted by Crippen LogP contribution is 2.22. The summed E-state index contributed by atoms with van der Waals surface area (Å²) >= 11 is 0. The molecule has 1 aliphatic carbocycles. The van der Waals surface area contributed by atoms with Crippen LogP contribution in [0.25, 0.3) is 10.8 Å². The van der Waals surface area contributed by atoms with Gasteiger partial charge in [-0.2, -0.15) is 0 Å². The van der Waals surface area contributed by atoms with Crippen LogP contribution in [0.15, 0.2) is 42.5 Å². The Balaban J connectivity index is 1.61. The Hall–Kier alpha value is -2.03. The van der Waals surface area contributed by atoms with E-state index in [0.717, 1.165) is 24.0 Å². The molecule has 1 amide bonds. The fourth-order valence-electron chi connectivity index (χ4n) is 3.06. The summed E-state index contributed by atoms with van der Waals surface area (Å²) in [7, 11) is 0. The molecule has 116 valence electrons. The molecular formula is C19H23NO2. The van der Waals surface area contributed by atoms with Gasteiger partial charge in [0.1, 0.15) is 5.75 Å². The monoisotopic (exact) mass is 297 g/mol. The summed E-state index contributed by atoms with van der Waals surface area (Å²) in [6.07, 6.45) is 5.43. The molecule has 0 aromatic heterocycles. The first-order valence-electron chi connectivity index (χ1n) is 8.18. The lowest BCUT2D eigenvalue weighted by Gasteiger charge is -2.24. The van der Waals surface area contributed by atoms with E-state index in [1.165, 1.54) is 24.6 Å². The molecule has 2 aromatic carbocycles. The van der Waals surface area contributed by atoms with Crippen LogP contribution in [0.5, 0.6) is 5.75 Å². The van der Waals surface area contributed by atoms with Crippen molar-refractivity contribution in [1.29, 1.82) is 0 Å². The molecule has 22 heavy (non-hydrogen) atoms. The van der Waals surface area contributed by atoms with Crippen LogP contribution in [0.1, 0.15) is 39.0 Å². The highest BCUT2D eigenvalue weighted by Gasteiger charge is 2.20. The van der Waals surface area contributed by atoms with Gasteiger partial charge in [0, 0.05) is 6.04 Å². The number of amides is 1. The fourth-order valence-corrected chi connectivity index (χ4v) is 3.06. The largest absolute Gasteiger partial charge is 0.481 e. The molecule has 3 rings (SSSR count). The van der Waals surface area contributed by atoms with Crippen LogP contribution in [0, 0.1) is 0 Å². The van der Waals surface area contributed by atoms with Gasteiger partial charge < -0.3 is 10.1 Å². The van der Waals surface area contributed by atoms with E-state index in [0.29, 0.717) is 6.04 Å². The SMILES string of the molecule is CC(Oc1ccc2ccccc2c1)C(=O)NC1CCCCC1. The van der Waals surface area contributed by atoms with Gasteiger partial charge in [-0.3, -0.25) is 4.79 Å². The molecule has 2 aromatic rings. The molecule has 0 aliphatic heterocycles. The summed E-state index contributed by atoms with van der Waals surface area (Å²) in [4.78, 5) is 12.2. The Morgan fingerprint density at radius 2 is 1.82 bits per heavy atom. The second-order valence-electron chi connectivity index (χ2n) is 6.11. The summed E-state index contributed by atoms with van der Waals surface area (Å²) in [6, 6.07) is 14.4. The number of nitrogens with one attached hydrogen (secondary N) is 1. The fraction of sp³-hybridized carbons (Fsp3) is 0.421. The highest BCUT2D eigenvalue weighted by atomic mass is 16.5. The van der Waals surface area contributed by atoms with Gasteiger partial charge in [-0.25, -0.2) is 0 Å². The van der Waals surface area contributed by atoms with E-state index in [1.54, 1.807) is 0 Å². The summed E-state index contributed by atoms with van der Waals surface area (Å²) in [5.74, 6) is 0.727. The molecule has 3 nitrogen and oxygen atoms in total. The molecule has 1 aliphatic rings. The zero-order valence-corrected chi connectivity index (χ0v) is 13.0. The summed E-state index contributed by atoms with van der Waals surface area (Å²) in [5.41, 5.74) is 0. The molecule has 1 atom stereocenters. The molecule has 3 heteroatoms. The molecule has 0 bridgehead atoms. The zero-order valence-electron chi connectivity index (χ0n) is 13.0. The third-order valence-electron chi connectivity index (χ3n) is 4.35. The second kappa shape index (κ2) is 6.82. The molecule has 1 saturated carbocycles. The van der Waals surface area contributed by atoms with Gasteiger partial charge in [0.25, 0.3) is 5.91 Å². The lowest BCUT2D eigenvalue weighted by molar-refractivity contribution is -0.128. The summed E-state index contributed by atoms with van der Waals surface area (Å²) in [5, 5.41) is 5.41. The Kier molecular flexibility index (Phi) is 4.62. The minimum absolute atomic E-state index is 0.0138. The van der Waals surface area contributed by atoms with E-state index in [4.69, 9.17) is 4.74 Å². The molecule has 1 N–H and O–H groups in total. The van der Waals surface area contributed by atoms with Crippen molar-refractivity contribution in [3.05, 3.63) is 42.5 Å². The van der Waals surface area contributed by atoms with Crippen LogP contribution in [0.2, 0.25) is 0 Å². The minimum Gasteiger partial charge on any atom is -0.481 e. The Labute approximate surface area is 131 Å². The predicted octanol–water partition coefficient (Wildman–Crippen LogP) is 4.06. The first-order chi connectivity index (χ1) is 10.7. The number of hydrogen-bond acceptors (Lipinski definition) is 2. The van der Waals surface area contributed by atoms with Crippen LogP contribution in [0.4, 0.5) is 0 Å². The van der Waals surface area contributed by atoms with Gasteiger partial charge >= 0.3 is 0 Å². The Morgan fingerprint density at radius 3 is 2.59 bits per heavy atom. The lowest BCUT2D eigenvalue weighted by Crippen LogP contribution is -2.43. The average molecular weight is 297 g/mol. The van der Waals surface area contributed by atoms with Crippen molar-refractivity contribution < 1.29 is 9.53 Å². The molecule has 0 spiro atoms. The predicted molar refractivity (Wildman–Crippen MR) is 89.1 cm³/mol.